The first kappa shape index (κ1) is 18.9. The van der Waals surface area contributed by atoms with Gasteiger partial charge in [-0.1, -0.05) is 42.2 Å². The number of carbonyl (C=O) groups excluding carboxylic acids is 3. The maximum atomic E-state index is 11.9. The van der Waals surface area contributed by atoms with Crippen LogP contribution in [0.2, 0.25) is 0 Å². The van der Waals surface area contributed by atoms with Crippen LogP contribution in [0.15, 0.2) is 54.6 Å². The van der Waals surface area contributed by atoms with E-state index < -0.39 is 0 Å². The Hall–Kier alpha value is -3.39. The first-order valence-electron chi connectivity index (χ1n) is 8.26. The van der Waals surface area contributed by atoms with E-state index in [1.807, 2.05) is 6.07 Å². The van der Waals surface area contributed by atoms with E-state index in [9.17, 15) is 14.4 Å². The lowest BCUT2D eigenvalue weighted by molar-refractivity contribution is -0.120. The summed E-state index contributed by atoms with van der Waals surface area (Å²) in [6.45, 7) is 1.66. The summed E-state index contributed by atoms with van der Waals surface area (Å²) in [5.74, 6) is 5.40. The minimum atomic E-state index is -0.204. The molecule has 0 heterocycles. The Balaban J connectivity index is 1.72. The maximum Gasteiger partial charge on any atom is 0.221 e. The van der Waals surface area contributed by atoms with Gasteiger partial charge in [0.15, 0.2) is 5.78 Å². The SMILES string of the molecule is CC(=O)Nc1ccc(C#CCNC(=O)CCC(=O)c2ccccc2)cc1. The number of benzene rings is 2. The Labute approximate surface area is 152 Å². The minimum Gasteiger partial charge on any atom is -0.345 e. The van der Waals surface area contributed by atoms with E-state index in [0.29, 0.717) is 11.3 Å². The molecule has 0 unspecified atom stereocenters. The van der Waals surface area contributed by atoms with Crippen molar-refractivity contribution in [3.05, 3.63) is 65.7 Å². The fraction of sp³-hybridized carbons (Fsp3) is 0.190. The lowest BCUT2D eigenvalue weighted by Crippen LogP contribution is -2.24. The summed E-state index contributed by atoms with van der Waals surface area (Å²) in [6, 6.07) is 16.0. The molecule has 2 N–H and O–H groups in total. The Bertz CT molecular complexity index is 831. The van der Waals surface area contributed by atoms with E-state index in [4.69, 9.17) is 0 Å². The van der Waals surface area contributed by atoms with Crippen LogP contribution >= 0.6 is 0 Å². The highest BCUT2D eigenvalue weighted by molar-refractivity contribution is 5.97. The summed E-state index contributed by atoms with van der Waals surface area (Å²) in [6.07, 6.45) is 0.314. The van der Waals surface area contributed by atoms with Gasteiger partial charge in [0.1, 0.15) is 0 Å². The van der Waals surface area contributed by atoms with Crippen molar-refractivity contribution in [1.82, 2.24) is 5.32 Å². The number of hydrogen-bond acceptors (Lipinski definition) is 3. The average molecular weight is 348 g/mol. The number of nitrogens with one attached hydrogen (secondary N) is 2. The van der Waals surface area contributed by atoms with Crippen LogP contribution in [0.4, 0.5) is 5.69 Å². The molecular formula is C21H20N2O3. The number of anilines is 1. The van der Waals surface area contributed by atoms with Gasteiger partial charge in [-0.3, -0.25) is 14.4 Å². The van der Waals surface area contributed by atoms with Gasteiger partial charge in [0.25, 0.3) is 0 Å². The van der Waals surface area contributed by atoms with Crippen molar-refractivity contribution >= 4 is 23.3 Å². The standard InChI is InChI=1S/C21H20N2O3/c1-16(24)23-19-11-9-17(10-12-19)6-5-15-22-21(26)14-13-20(25)18-7-3-2-4-8-18/h2-4,7-12H,13-15H2,1H3,(H,22,26)(H,23,24). The van der Waals surface area contributed by atoms with Gasteiger partial charge in [0.05, 0.1) is 6.54 Å². The molecule has 26 heavy (non-hydrogen) atoms. The van der Waals surface area contributed by atoms with Gasteiger partial charge in [-0.05, 0) is 24.3 Å². The third kappa shape index (κ3) is 6.62. The van der Waals surface area contributed by atoms with Crippen LogP contribution in [0.5, 0.6) is 0 Å². The molecule has 2 rings (SSSR count). The fourth-order valence-electron chi connectivity index (χ4n) is 2.21. The van der Waals surface area contributed by atoms with Gasteiger partial charge in [0, 0.05) is 36.6 Å². The van der Waals surface area contributed by atoms with Crippen molar-refractivity contribution in [2.45, 2.75) is 19.8 Å². The molecule has 0 aliphatic rings. The molecule has 5 nitrogen and oxygen atoms in total. The number of amides is 2. The van der Waals surface area contributed by atoms with Gasteiger partial charge in [-0.25, -0.2) is 0 Å². The molecule has 132 valence electrons. The zero-order chi connectivity index (χ0) is 18.8. The Morgan fingerprint density at radius 3 is 2.27 bits per heavy atom. The first-order chi connectivity index (χ1) is 12.5. The van der Waals surface area contributed by atoms with Crippen molar-refractivity contribution < 1.29 is 14.4 Å². The average Bonchev–Trinajstić information content (AvgIpc) is 2.65. The van der Waals surface area contributed by atoms with Gasteiger partial charge in [-0.2, -0.15) is 0 Å². The monoisotopic (exact) mass is 348 g/mol. The van der Waals surface area contributed by atoms with E-state index in [0.717, 1.165) is 5.56 Å². The van der Waals surface area contributed by atoms with Gasteiger partial charge in [0.2, 0.25) is 11.8 Å². The summed E-state index contributed by atoms with van der Waals surface area (Å²) >= 11 is 0. The smallest absolute Gasteiger partial charge is 0.221 e. The molecule has 2 aromatic carbocycles. The van der Waals surface area contributed by atoms with E-state index in [-0.39, 0.29) is 37.0 Å². The Kier molecular flexibility index (Phi) is 7.14. The quantitative estimate of drug-likeness (QED) is 0.623. The third-order valence-electron chi connectivity index (χ3n) is 3.49. The molecule has 0 radical (unpaired) electrons. The summed E-state index contributed by atoms with van der Waals surface area (Å²) in [7, 11) is 0. The minimum absolute atomic E-state index is 0.0499. The molecule has 0 aliphatic heterocycles. The molecule has 0 aliphatic carbocycles. The molecule has 0 fully saturated rings. The summed E-state index contributed by atoms with van der Waals surface area (Å²) in [5, 5.41) is 5.35. The third-order valence-corrected chi connectivity index (χ3v) is 3.49. The van der Waals surface area contributed by atoms with E-state index in [2.05, 4.69) is 22.5 Å². The molecule has 0 aromatic heterocycles. The first-order valence-corrected chi connectivity index (χ1v) is 8.26. The number of ketones is 1. The van der Waals surface area contributed by atoms with Crippen LogP contribution < -0.4 is 10.6 Å². The number of hydrogen-bond donors (Lipinski definition) is 2. The summed E-state index contributed by atoms with van der Waals surface area (Å²) < 4.78 is 0. The van der Waals surface area contributed by atoms with Crippen LogP contribution in [-0.4, -0.2) is 24.1 Å². The summed E-state index contributed by atoms with van der Waals surface area (Å²) in [5.41, 5.74) is 2.11. The van der Waals surface area contributed by atoms with Gasteiger partial charge in [-0.15, -0.1) is 0 Å². The van der Waals surface area contributed by atoms with Crippen molar-refractivity contribution in [2.75, 3.05) is 11.9 Å². The highest BCUT2D eigenvalue weighted by Gasteiger charge is 2.08. The molecule has 0 bridgehead atoms. The van der Waals surface area contributed by atoms with Crippen molar-refractivity contribution in [3.8, 4) is 11.8 Å². The predicted molar refractivity (Wildman–Crippen MR) is 101 cm³/mol. The number of carbonyl (C=O) groups is 3. The Morgan fingerprint density at radius 1 is 0.923 bits per heavy atom. The maximum absolute atomic E-state index is 11.9. The lowest BCUT2D eigenvalue weighted by Gasteiger charge is -2.02. The summed E-state index contributed by atoms with van der Waals surface area (Å²) in [4.78, 5) is 34.6. The molecule has 0 spiro atoms. The van der Waals surface area contributed by atoms with Crippen LogP contribution in [0.25, 0.3) is 0 Å². The van der Waals surface area contributed by atoms with Crippen LogP contribution in [-0.2, 0) is 9.59 Å². The number of Topliss-reactive ketones (excluding diaryl/α,β-unsaturated/α-hetero) is 1. The highest BCUT2D eigenvalue weighted by atomic mass is 16.2. The normalized spacial score (nSPS) is 9.58. The van der Waals surface area contributed by atoms with Crippen molar-refractivity contribution in [2.24, 2.45) is 0 Å². The van der Waals surface area contributed by atoms with Gasteiger partial charge >= 0.3 is 0 Å². The lowest BCUT2D eigenvalue weighted by atomic mass is 10.1. The molecule has 0 saturated carbocycles. The van der Waals surface area contributed by atoms with Crippen LogP contribution in [0.1, 0.15) is 35.7 Å². The molecule has 0 saturated heterocycles. The second kappa shape index (κ2) is 9.80. The molecule has 5 heteroatoms. The van der Waals surface area contributed by atoms with Crippen molar-refractivity contribution in [3.63, 3.8) is 0 Å². The predicted octanol–water partition coefficient (Wildman–Crippen LogP) is 2.78. The fourth-order valence-corrected chi connectivity index (χ4v) is 2.21. The van der Waals surface area contributed by atoms with Crippen LogP contribution in [0, 0.1) is 11.8 Å². The topological polar surface area (TPSA) is 75.3 Å². The van der Waals surface area contributed by atoms with Crippen LogP contribution in [0.3, 0.4) is 0 Å². The Morgan fingerprint density at radius 2 is 1.62 bits per heavy atom. The molecular weight excluding hydrogens is 328 g/mol. The van der Waals surface area contributed by atoms with Gasteiger partial charge < -0.3 is 10.6 Å². The second-order valence-electron chi connectivity index (χ2n) is 5.63. The van der Waals surface area contributed by atoms with E-state index >= 15 is 0 Å². The molecule has 2 amide bonds. The largest absolute Gasteiger partial charge is 0.345 e. The highest BCUT2D eigenvalue weighted by Crippen LogP contribution is 2.08. The second-order valence-corrected chi connectivity index (χ2v) is 5.63. The van der Waals surface area contributed by atoms with E-state index in [1.165, 1.54) is 6.92 Å². The molecule has 0 atom stereocenters. The molecule has 2 aromatic rings. The van der Waals surface area contributed by atoms with E-state index in [1.54, 1.807) is 48.5 Å². The zero-order valence-electron chi connectivity index (χ0n) is 14.5. The zero-order valence-corrected chi connectivity index (χ0v) is 14.5. The number of rotatable bonds is 6. The van der Waals surface area contributed by atoms with Crippen molar-refractivity contribution in [1.29, 1.82) is 0 Å².